The van der Waals surface area contributed by atoms with Crippen LogP contribution >= 0.6 is 0 Å². The third-order valence-electron chi connectivity index (χ3n) is 5.57. The van der Waals surface area contributed by atoms with E-state index in [0.717, 1.165) is 36.2 Å². The van der Waals surface area contributed by atoms with Crippen LogP contribution in [-0.2, 0) is 6.42 Å². The highest BCUT2D eigenvalue weighted by atomic mass is 16.4. The Hall–Kier alpha value is -2.04. The highest BCUT2D eigenvalue weighted by Crippen LogP contribution is 2.44. The van der Waals surface area contributed by atoms with Gasteiger partial charge < -0.3 is 14.4 Å². The predicted molar refractivity (Wildman–Crippen MR) is 94.4 cm³/mol. The second-order valence-corrected chi connectivity index (χ2v) is 8.00. The molecule has 3 rings (SSSR count). The minimum Gasteiger partial charge on any atom is -0.465 e. The first-order valence-corrected chi connectivity index (χ1v) is 8.68. The minimum absolute atomic E-state index is 0.156. The average molecular weight is 329 g/mol. The lowest BCUT2D eigenvalue weighted by Crippen LogP contribution is -2.62. The lowest BCUT2D eigenvalue weighted by Gasteiger charge is -2.53. The van der Waals surface area contributed by atoms with Gasteiger partial charge >= 0.3 is 6.09 Å². The summed E-state index contributed by atoms with van der Waals surface area (Å²) in [6, 6.07) is 4.06. The number of carboxylic acid groups (broad SMARTS) is 1. The molecule has 0 spiro atoms. The summed E-state index contributed by atoms with van der Waals surface area (Å²) in [7, 11) is 0. The molecular weight excluding hydrogens is 302 g/mol. The van der Waals surface area contributed by atoms with Gasteiger partial charge in [0.25, 0.3) is 0 Å². The molecule has 0 aliphatic carbocycles. The van der Waals surface area contributed by atoms with Gasteiger partial charge in [-0.25, -0.2) is 9.78 Å². The zero-order valence-electron chi connectivity index (χ0n) is 15.0. The summed E-state index contributed by atoms with van der Waals surface area (Å²) in [5, 5.41) is 9.80. The molecule has 1 amide bonds. The van der Waals surface area contributed by atoms with Gasteiger partial charge in [-0.05, 0) is 43.2 Å². The van der Waals surface area contributed by atoms with Gasteiger partial charge in [0.15, 0.2) is 0 Å². The maximum Gasteiger partial charge on any atom is 0.407 e. The summed E-state index contributed by atoms with van der Waals surface area (Å²) < 4.78 is 2.04. The Bertz CT molecular complexity index is 760. The molecule has 0 saturated carbocycles. The molecule has 5 heteroatoms. The Balaban J connectivity index is 2.06. The number of aryl methyl sites for hydroxylation is 1. The SMILES string of the molecule is Cc1cccn2cc(C[C@]3(C(C)(C)C)CCCCN3C(=O)O)nc12. The molecule has 0 unspecified atom stereocenters. The first-order valence-electron chi connectivity index (χ1n) is 8.68. The second kappa shape index (κ2) is 5.80. The molecule has 5 nitrogen and oxygen atoms in total. The van der Waals surface area contributed by atoms with Gasteiger partial charge in [0.05, 0.1) is 11.2 Å². The van der Waals surface area contributed by atoms with Crippen molar-refractivity contribution in [3.63, 3.8) is 0 Å². The molecule has 0 radical (unpaired) electrons. The molecule has 1 N–H and O–H groups in total. The van der Waals surface area contributed by atoms with Crippen molar-refractivity contribution in [2.45, 2.75) is 58.9 Å². The second-order valence-electron chi connectivity index (χ2n) is 8.00. The zero-order chi connectivity index (χ0) is 17.5. The number of hydrogen-bond donors (Lipinski definition) is 1. The van der Waals surface area contributed by atoms with E-state index < -0.39 is 11.6 Å². The van der Waals surface area contributed by atoms with Gasteiger partial charge in [-0.1, -0.05) is 26.8 Å². The van der Waals surface area contributed by atoms with Crippen LogP contribution in [0, 0.1) is 12.3 Å². The van der Waals surface area contributed by atoms with E-state index in [1.54, 1.807) is 4.90 Å². The molecule has 1 atom stereocenters. The number of rotatable bonds is 2. The van der Waals surface area contributed by atoms with Gasteiger partial charge in [-0.3, -0.25) is 0 Å². The van der Waals surface area contributed by atoms with E-state index in [1.807, 2.05) is 22.9 Å². The van der Waals surface area contributed by atoms with Gasteiger partial charge in [0.1, 0.15) is 5.65 Å². The number of nitrogens with zero attached hydrogens (tertiary/aromatic N) is 3. The monoisotopic (exact) mass is 329 g/mol. The first-order chi connectivity index (χ1) is 11.2. The molecule has 1 saturated heterocycles. The van der Waals surface area contributed by atoms with Crippen molar-refractivity contribution in [1.82, 2.24) is 14.3 Å². The Labute approximate surface area is 143 Å². The molecular formula is C19H27N3O2. The van der Waals surface area contributed by atoms with E-state index in [2.05, 4.69) is 33.8 Å². The highest BCUT2D eigenvalue weighted by molar-refractivity contribution is 5.66. The zero-order valence-corrected chi connectivity index (χ0v) is 15.0. The van der Waals surface area contributed by atoms with E-state index in [-0.39, 0.29) is 5.41 Å². The van der Waals surface area contributed by atoms with Crippen molar-refractivity contribution in [2.75, 3.05) is 6.54 Å². The van der Waals surface area contributed by atoms with Crippen LogP contribution in [0.5, 0.6) is 0 Å². The fraction of sp³-hybridized carbons (Fsp3) is 0.579. The van der Waals surface area contributed by atoms with Crippen LogP contribution in [0.4, 0.5) is 4.79 Å². The van der Waals surface area contributed by atoms with Crippen LogP contribution < -0.4 is 0 Å². The molecule has 3 heterocycles. The lowest BCUT2D eigenvalue weighted by atomic mass is 9.65. The van der Waals surface area contributed by atoms with Gasteiger partial charge in [0, 0.05) is 25.4 Å². The molecule has 24 heavy (non-hydrogen) atoms. The topological polar surface area (TPSA) is 57.8 Å². The van der Waals surface area contributed by atoms with Crippen molar-refractivity contribution in [3.8, 4) is 0 Å². The third kappa shape index (κ3) is 2.66. The molecule has 1 aliphatic rings. The average Bonchev–Trinajstić information content (AvgIpc) is 2.90. The van der Waals surface area contributed by atoms with E-state index >= 15 is 0 Å². The summed E-state index contributed by atoms with van der Waals surface area (Å²) in [6.45, 7) is 9.11. The van der Waals surface area contributed by atoms with E-state index in [9.17, 15) is 9.90 Å². The maximum absolute atomic E-state index is 11.9. The van der Waals surface area contributed by atoms with Crippen molar-refractivity contribution in [1.29, 1.82) is 0 Å². The normalized spacial score (nSPS) is 22.1. The summed E-state index contributed by atoms with van der Waals surface area (Å²) in [6.07, 6.45) is 6.77. The minimum atomic E-state index is -0.815. The molecule has 0 bridgehead atoms. The number of carbonyl (C=O) groups is 1. The Kier molecular flexibility index (Phi) is 4.06. The number of hydrogen-bond acceptors (Lipinski definition) is 2. The molecule has 1 aliphatic heterocycles. The fourth-order valence-corrected chi connectivity index (χ4v) is 4.13. The van der Waals surface area contributed by atoms with Crippen molar-refractivity contribution in [2.24, 2.45) is 5.41 Å². The number of piperidine rings is 1. The highest BCUT2D eigenvalue weighted by Gasteiger charge is 2.50. The van der Waals surface area contributed by atoms with E-state index in [1.165, 1.54) is 0 Å². The molecule has 2 aromatic heterocycles. The summed E-state index contributed by atoms with van der Waals surface area (Å²) in [4.78, 5) is 18.4. The third-order valence-corrected chi connectivity index (χ3v) is 5.57. The standard InChI is InChI=1S/C19H27N3O2/c1-14-8-7-10-21-13-15(20-16(14)21)12-19(18(2,3)4)9-5-6-11-22(19)17(23)24/h7-8,10,13H,5-6,9,11-12H2,1-4H3,(H,23,24)/t19-/m0/s1. The van der Waals surface area contributed by atoms with E-state index in [0.29, 0.717) is 13.0 Å². The van der Waals surface area contributed by atoms with Gasteiger partial charge in [0.2, 0.25) is 0 Å². The van der Waals surface area contributed by atoms with Crippen LogP contribution in [0.2, 0.25) is 0 Å². The van der Waals surface area contributed by atoms with Crippen LogP contribution in [0.1, 0.15) is 51.3 Å². The smallest absolute Gasteiger partial charge is 0.407 e. The fourth-order valence-electron chi connectivity index (χ4n) is 4.13. The van der Waals surface area contributed by atoms with Crippen molar-refractivity contribution < 1.29 is 9.90 Å². The van der Waals surface area contributed by atoms with Crippen LogP contribution in [0.3, 0.4) is 0 Å². The number of imidazole rings is 1. The lowest BCUT2D eigenvalue weighted by molar-refractivity contribution is -0.0251. The molecule has 130 valence electrons. The molecule has 2 aromatic rings. The number of pyridine rings is 1. The number of likely N-dealkylation sites (tertiary alicyclic amines) is 1. The Morgan fingerprint density at radius 2 is 2.12 bits per heavy atom. The Morgan fingerprint density at radius 3 is 2.75 bits per heavy atom. The van der Waals surface area contributed by atoms with Crippen molar-refractivity contribution >= 4 is 11.7 Å². The summed E-state index contributed by atoms with van der Waals surface area (Å²) in [5.41, 5.74) is 2.48. The van der Waals surface area contributed by atoms with Gasteiger partial charge in [-0.15, -0.1) is 0 Å². The maximum atomic E-state index is 11.9. The van der Waals surface area contributed by atoms with Crippen LogP contribution in [0.15, 0.2) is 24.5 Å². The number of aromatic nitrogens is 2. The van der Waals surface area contributed by atoms with Gasteiger partial charge in [-0.2, -0.15) is 0 Å². The quantitative estimate of drug-likeness (QED) is 0.901. The van der Waals surface area contributed by atoms with E-state index in [4.69, 9.17) is 4.98 Å². The number of fused-ring (bicyclic) bond motifs is 1. The Morgan fingerprint density at radius 1 is 1.38 bits per heavy atom. The summed E-state index contributed by atoms with van der Waals surface area (Å²) in [5.74, 6) is 0. The first kappa shape index (κ1) is 16.8. The largest absolute Gasteiger partial charge is 0.465 e. The molecule has 1 fully saturated rings. The van der Waals surface area contributed by atoms with Crippen molar-refractivity contribution in [3.05, 3.63) is 35.8 Å². The summed E-state index contributed by atoms with van der Waals surface area (Å²) >= 11 is 0. The number of amides is 1. The molecule has 0 aromatic carbocycles. The predicted octanol–water partition coefficient (Wildman–Crippen LogP) is 4.13. The van der Waals surface area contributed by atoms with Crippen LogP contribution in [-0.4, -0.2) is 37.6 Å². The van der Waals surface area contributed by atoms with Crippen LogP contribution in [0.25, 0.3) is 5.65 Å².